The molecule has 2 N–H and O–H groups in total. The van der Waals surface area contributed by atoms with Gasteiger partial charge in [0.2, 0.25) is 0 Å². The lowest BCUT2D eigenvalue weighted by atomic mass is 9.95. The average Bonchev–Trinajstić information content (AvgIpc) is 2.95. The maximum atomic E-state index is 12.1. The number of hydrogen-bond donors (Lipinski definition) is 2. The molecule has 0 spiro atoms. The highest BCUT2D eigenvalue weighted by atomic mass is 79.9. The molecule has 0 atom stereocenters. The summed E-state index contributed by atoms with van der Waals surface area (Å²) >= 11 is 3.51. The number of ether oxygens (including phenoxy) is 1. The Hall–Kier alpha value is -2.27. The summed E-state index contributed by atoms with van der Waals surface area (Å²) in [5, 5.41) is 4.11. The number of halogens is 1. The van der Waals surface area contributed by atoms with Gasteiger partial charge in [0, 0.05) is 27.1 Å². The maximum absolute atomic E-state index is 12.1. The average molecular weight is 401 g/mol. The van der Waals surface area contributed by atoms with Gasteiger partial charge < -0.3 is 15.0 Å². The number of carbonyl (C=O) groups is 1. The fourth-order valence-electron chi connectivity index (χ4n) is 2.85. The van der Waals surface area contributed by atoms with Crippen LogP contribution in [-0.2, 0) is 17.8 Å². The molecule has 0 aliphatic rings. The van der Waals surface area contributed by atoms with Crippen LogP contribution in [0.15, 0.2) is 59.2 Å². The number of hydrogen-bond acceptors (Lipinski definition) is 2. The lowest BCUT2D eigenvalue weighted by Gasteiger charge is -2.25. The number of nitrogens with one attached hydrogen (secondary N) is 2. The summed E-state index contributed by atoms with van der Waals surface area (Å²) < 4.78 is 6.36. The Kier molecular flexibility index (Phi) is 5.13. The fourth-order valence-corrected chi connectivity index (χ4v) is 3.21. The predicted octanol–water partition coefficient (Wildman–Crippen LogP) is 5.18. The van der Waals surface area contributed by atoms with Crippen molar-refractivity contribution in [3.8, 4) is 0 Å². The maximum Gasteiger partial charge on any atom is 0.407 e. The van der Waals surface area contributed by atoms with Crippen LogP contribution in [0.25, 0.3) is 10.9 Å². The van der Waals surface area contributed by atoms with Gasteiger partial charge in [0.15, 0.2) is 0 Å². The zero-order valence-electron chi connectivity index (χ0n) is 14.3. The number of rotatable bonds is 5. The van der Waals surface area contributed by atoms with Gasteiger partial charge in [0.05, 0.1) is 0 Å². The van der Waals surface area contributed by atoms with E-state index in [-0.39, 0.29) is 6.61 Å². The minimum atomic E-state index is -0.425. The molecule has 4 nitrogen and oxygen atoms in total. The van der Waals surface area contributed by atoms with E-state index in [4.69, 9.17) is 4.74 Å². The number of H-pyrrole nitrogens is 1. The van der Waals surface area contributed by atoms with Crippen molar-refractivity contribution in [2.45, 2.75) is 32.4 Å². The Morgan fingerprint density at radius 1 is 1.20 bits per heavy atom. The van der Waals surface area contributed by atoms with Crippen LogP contribution in [-0.4, -0.2) is 16.6 Å². The Morgan fingerprint density at radius 2 is 1.96 bits per heavy atom. The lowest BCUT2D eigenvalue weighted by molar-refractivity contribution is 0.129. The van der Waals surface area contributed by atoms with Crippen molar-refractivity contribution in [1.29, 1.82) is 0 Å². The highest BCUT2D eigenvalue weighted by Crippen LogP contribution is 2.25. The first kappa shape index (κ1) is 17.5. The minimum absolute atomic E-state index is 0.267. The van der Waals surface area contributed by atoms with Crippen molar-refractivity contribution in [2.24, 2.45) is 0 Å². The van der Waals surface area contributed by atoms with Gasteiger partial charge in [0.25, 0.3) is 0 Å². The molecule has 0 unspecified atom stereocenters. The van der Waals surface area contributed by atoms with Crippen molar-refractivity contribution in [3.05, 3.63) is 70.3 Å². The van der Waals surface area contributed by atoms with Gasteiger partial charge in [-0.2, -0.15) is 0 Å². The van der Waals surface area contributed by atoms with Gasteiger partial charge in [-0.1, -0.05) is 46.3 Å². The van der Waals surface area contributed by atoms with Crippen LogP contribution < -0.4 is 5.32 Å². The Labute approximate surface area is 155 Å². The molecule has 0 saturated heterocycles. The first-order valence-electron chi connectivity index (χ1n) is 8.17. The molecule has 0 fully saturated rings. The zero-order chi connectivity index (χ0) is 17.9. The second kappa shape index (κ2) is 7.31. The van der Waals surface area contributed by atoms with Crippen LogP contribution in [0.1, 0.15) is 25.0 Å². The molecule has 0 aliphatic carbocycles. The van der Waals surface area contributed by atoms with Crippen LogP contribution in [0.3, 0.4) is 0 Å². The number of carbonyl (C=O) groups excluding carboxylic acids is 1. The van der Waals surface area contributed by atoms with E-state index >= 15 is 0 Å². The predicted molar refractivity (Wildman–Crippen MR) is 104 cm³/mol. The molecule has 0 aliphatic heterocycles. The standard InChI is InChI=1S/C20H21BrN2O2/c1-20(2,23-19(24)25-13-14-6-4-3-5-7-14)11-15-12-22-18-9-8-16(21)10-17(15)18/h3-10,12,22H,11,13H2,1-2H3,(H,23,24). The van der Waals surface area contributed by atoms with Gasteiger partial charge in [-0.25, -0.2) is 4.79 Å². The molecule has 130 valence electrons. The summed E-state index contributed by atoms with van der Waals surface area (Å²) in [5.41, 5.74) is 2.79. The molecule has 0 radical (unpaired) electrons. The molecule has 0 saturated carbocycles. The molecule has 0 bridgehead atoms. The van der Waals surface area contributed by atoms with E-state index in [9.17, 15) is 4.79 Å². The van der Waals surface area contributed by atoms with E-state index in [1.165, 1.54) is 0 Å². The summed E-state index contributed by atoms with van der Waals surface area (Å²) in [5.74, 6) is 0. The van der Waals surface area contributed by atoms with Crippen LogP contribution in [0.2, 0.25) is 0 Å². The Morgan fingerprint density at radius 3 is 2.72 bits per heavy atom. The molecule has 25 heavy (non-hydrogen) atoms. The van der Waals surface area contributed by atoms with Crippen molar-refractivity contribution in [2.75, 3.05) is 0 Å². The van der Waals surface area contributed by atoms with Crippen molar-refractivity contribution in [1.82, 2.24) is 10.3 Å². The van der Waals surface area contributed by atoms with E-state index in [1.807, 2.05) is 62.5 Å². The van der Waals surface area contributed by atoms with Crippen molar-refractivity contribution in [3.63, 3.8) is 0 Å². The van der Waals surface area contributed by atoms with Gasteiger partial charge in [0.1, 0.15) is 6.61 Å². The van der Waals surface area contributed by atoms with E-state index in [1.54, 1.807) is 0 Å². The highest BCUT2D eigenvalue weighted by molar-refractivity contribution is 9.10. The Bertz CT molecular complexity index is 872. The number of aromatic nitrogens is 1. The second-order valence-electron chi connectivity index (χ2n) is 6.75. The van der Waals surface area contributed by atoms with Gasteiger partial charge >= 0.3 is 6.09 Å². The fraction of sp³-hybridized carbons (Fsp3) is 0.250. The molecule has 1 heterocycles. The van der Waals surface area contributed by atoms with Crippen LogP contribution in [0, 0.1) is 0 Å². The normalized spacial score (nSPS) is 11.5. The SMILES string of the molecule is CC(C)(Cc1c[nH]c2ccc(Br)cc12)NC(=O)OCc1ccccc1. The van der Waals surface area contributed by atoms with Crippen LogP contribution in [0.4, 0.5) is 4.79 Å². The highest BCUT2D eigenvalue weighted by Gasteiger charge is 2.23. The summed E-state index contributed by atoms with van der Waals surface area (Å²) in [6.07, 6.45) is 2.29. The first-order chi connectivity index (χ1) is 11.9. The third kappa shape index (κ3) is 4.63. The smallest absolute Gasteiger partial charge is 0.407 e. The summed E-state index contributed by atoms with van der Waals surface area (Å²) in [6, 6.07) is 15.8. The molecule has 3 aromatic rings. The van der Waals surface area contributed by atoms with Crippen LogP contribution >= 0.6 is 15.9 Å². The first-order valence-corrected chi connectivity index (χ1v) is 8.97. The lowest BCUT2D eigenvalue weighted by Crippen LogP contribution is -2.45. The van der Waals surface area contributed by atoms with Crippen LogP contribution in [0.5, 0.6) is 0 Å². The van der Waals surface area contributed by atoms with Gasteiger partial charge in [-0.05, 0) is 49.6 Å². The molecular formula is C20H21BrN2O2. The molecule has 2 aromatic carbocycles. The summed E-state index contributed by atoms with van der Waals surface area (Å²) in [7, 11) is 0. The number of aromatic amines is 1. The minimum Gasteiger partial charge on any atom is -0.445 e. The molecule has 3 rings (SSSR count). The second-order valence-corrected chi connectivity index (χ2v) is 7.67. The zero-order valence-corrected chi connectivity index (χ0v) is 15.9. The van der Waals surface area contributed by atoms with E-state index in [2.05, 4.69) is 32.3 Å². The number of alkyl carbamates (subject to hydrolysis) is 1. The third-order valence-electron chi connectivity index (χ3n) is 4.02. The summed E-state index contributed by atoms with van der Waals surface area (Å²) in [4.78, 5) is 15.4. The monoisotopic (exact) mass is 400 g/mol. The number of fused-ring (bicyclic) bond motifs is 1. The van der Waals surface area contributed by atoms with Crippen molar-refractivity contribution >= 4 is 32.9 Å². The molecule has 5 heteroatoms. The molecular weight excluding hydrogens is 380 g/mol. The van der Waals surface area contributed by atoms with Gasteiger partial charge in [-0.15, -0.1) is 0 Å². The van der Waals surface area contributed by atoms with E-state index in [0.717, 1.165) is 26.5 Å². The number of amides is 1. The largest absolute Gasteiger partial charge is 0.445 e. The molecule has 1 amide bonds. The molecule has 1 aromatic heterocycles. The quantitative estimate of drug-likeness (QED) is 0.619. The third-order valence-corrected chi connectivity index (χ3v) is 4.51. The number of benzene rings is 2. The van der Waals surface area contributed by atoms with E-state index in [0.29, 0.717) is 6.42 Å². The van der Waals surface area contributed by atoms with Gasteiger partial charge in [-0.3, -0.25) is 0 Å². The van der Waals surface area contributed by atoms with E-state index < -0.39 is 11.6 Å². The van der Waals surface area contributed by atoms with Crippen molar-refractivity contribution < 1.29 is 9.53 Å². The Balaban J connectivity index is 1.62. The summed E-state index contributed by atoms with van der Waals surface area (Å²) in [6.45, 7) is 4.25. The topological polar surface area (TPSA) is 54.1 Å².